The summed E-state index contributed by atoms with van der Waals surface area (Å²) in [7, 11) is 2.12. The first kappa shape index (κ1) is 13.7. The van der Waals surface area contributed by atoms with Crippen molar-refractivity contribution in [3.05, 3.63) is 35.4 Å². The van der Waals surface area contributed by atoms with Crippen molar-refractivity contribution in [2.24, 2.45) is 5.92 Å². The van der Waals surface area contributed by atoms with Gasteiger partial charge in [0.1, 0.15) is 11.6 Å². The molecule has 2 nitrogen and oxygen atoms in total. The van der Waals surface area contributed by atoms with Crippen LogP contribution < -0.4 is 0 Å². The summed E-state index contributed by atoms with van der Waals surface area (Å²) in [6.07, 6.45) is 5.03. The number of rotatable bonds is 2. The van der Waals surface area contributed by atoms with Crippen LogP contribution in [0.5, 0.6) is 0 Å². The smallest absolute Gasteiger partial charge is 0.169 e. The van der Waals surface area contributed by atoms with Crippen LogP contribution >= 0.6 is 0 Å². The monoisotopic (exact) mass is 279 g/mol. The average Bonchev–Trinajstić information content (AvgIpc) is 2.37. The van der Waals surface area contributed by atoms with Crippen LogP contribution in [0.4, 0.5) is 8.78 Å². The maximum atomic E-state index is 13.8. The number of ketones is 1. The van der Waals surface area contributed by atoms with Crippen LogP contribution in [0.1, 0.15) is 42.5 Å². The lowest BCUT2D eigenvalue weighted by Crippen LogP contribution is -2.51. The molecule has 0 aliphatic carbocycles. The Morgan fingerprint density at radius 3 is 2.45 bits per heavy atom. The Morgan fingerprint density at radius 1 is 1.20 bits per heavy atom. The van der Waals surface area contributed by atoms with E-state index in [0.29, 0.717) is 12.1 Å². The number of nitrogens with zero attached hydrogens (tertiary/aromatic N) is 1. The van der Waals surface area contributed by atoms with Gasteiger partial charge < -0.3 is 4.90 Å². The minimum atomic E-state index is -0.737. The SMILES string of the molecule is CN1C2CCCC1CC(C(=O)c1ccc(F)cc1F)C2. The first-order chi connectivity index (χ1) is 9.56. The molecule has 2 saturated heterocycles. The molecule has 2 aliphatic heterocycles. The van der Waals surface area contributed by atoms with Gasteiger partial charge in [0, 0.05) is 24.1 Å². The lowest BCUT2D eigenvalue weighted by atomic mass is 9.76. The van der Waals surface area contributed by atoms with Crippen LogP contribution in [0.25, 0.3) is 0 Å². The quantitative estimate of drug-likeness (QED) is 0.773. The molecule has 2 atom stereocenters. The summed E-state index contributed by atoms with van der Waals surface area (Å²) in [4.78, 5) is 14.9. The molecular weight excluding hydrogens is 260 g/mol. The number of benzene rings is 1. The van der Waals surface area contributed by atoms with Gasteiger partial charge in [0.25, 0.3) is 0 Å². The fraction of sp³-hybridized carbons (Fsp3) is 0.562. The Morgan fingerprint density at radius 2 is 1.85 bits per heavy atom. The van der Waals surface area contributed by atoms with Crippen molar-refractivity contribution < 1.29 is 13.6 Å². The van der Waals surface area contributed by atoms with Crippen molar-refractivity contribution in [3.63, 3.8) is 0 Å². The second-order valence-electron chi connectivity index (χ2n) is 6.06. The van der Waals surface area contributed by atoms with E-state index in [1.54, 1.807) is 0 Å². The second-order valence-corrected chi connectivity index (χ2v) is 6.06. The van der Waals surface area contributed by atoms with Crippen molar-refractivity contribution in [2.45, 2.75) is 44.2 Å². The van der Waals surface area contributed by atoms with Crippen LogP contribution in [-0.2, 0) is 0 Å². The number of halogens is 2. The highest BCUT2D eigenvalue weighted by Gasteiger charge is 2.39. The molecule has 2 fully saturated rings. The van der Waals surface area contributed by atoms with Crippen LogP contribution in [-0.4, -0.2) is 29.8 Å². The summed E-state index contributed by atoms with van der Waals surface area (Å²) in [6, 6.07) is 4.09. The van der Waals surface area contributed by atoms with E-state index in [1.165, 1.54) is 12.5 Å². The third-order valence-corrected chi connectivity index (χ3v) is 4.91. The normalized spacial score (nSPS) is 30.2. The maximum absolute atomic E-state index is 13.8. The molecule has 2 bridgehead atoms. The molecule has 0 saturated carbocycles. The molecule has 0 spiro atoms. The lowest BCUT2D eigenvalue weighted by molar-refractivity contribution is 0.0337. The Kier molecular flexibility index (Phi) is 3.59. The topological polar surface area (TPSA) is 20.3 Å². The summed E-state index contributed by atoms with van der Waals surface area (Å²) in [5.74, 6) is -1.66. The Bertz CT molecular complexity index is 517. The second kappa shape index (κ2) is 5.24. The predicted octanol–water partition coefficient (Wildman–Crippen LogP) is 3.41. The van der Waals surface area contributed by atoms with E-state index in [9.17, 15) is 13.6 Å². The average molecular weight is 279 g/mol. The third-order valence-electron chi connectivity index (χ3n) is 4.91. The van der Waals surface area contributed by atoms with Crippen molar-refractivity contribution in [3.8, 4) is 0 Å². The number of hydrogen-bond acceptors (Lipinski definition) is 2. The number of carbonyl (C=O) groups excluding carboxylic acids is 1. The molecule has 0 amide bonds. The van der Waals surface area contributed by atoms with Crippen LogP contribution in [0.3, 0.4) is 0 Å². The van der Waals surface area contributed by atoms with Gasteiger partial charge in [0.15, 0.2) is 5.78 Å². The summed E-state index contributed by atoms with van der Waals surface area (Å²) in [6.45, 7) is 0. The predicted molar refractivity (Wildman–Crippen MR) is 72.6 cm³/mol. The maximum Gasteiger partial charge on any atom is 0.169 e. The number of fused-ring (bicyclic) bond motifs is 2. The molecule has 108 valence electrons. The van der Waals surface area contributed by atoms with Gasteiger partial charge in [-0.25, -0.2) is 8.78 Å². The Hall–Kier alpha value is -1.29. The zero-order valence-corrected chi connectivity index (χ0v) is 11.6. The van der Waals surface area contributed by atoms with Gasteiger partial charge in [-0.05, 0) is 44.9 Å². The summed E-state index contributed by atoms with van der Waals surface area (Å²) < 4.78 is 26.7. The fourth-order valence-electron chi connectivity index (χ4n) is 3.74. The Labute approximate surface area is 117 Å². The molecule has 2 heterocycles. The highest BCUT2D eigenvalue weighted by Crippen LogP contribution is 2.37. The number of carbonyl (C=O) groups is 1. The van der Waals surface area contributed by atoms with Crippen molar-refractivity contribution in [1.82, 2.24) is 4.90 Å². The van der Waals surface area contributed by atoms with Crippen molar-refractivity contribution in [1.29, 1.82) is 0 Å². The molecule has 4 heteroatoms. The van der Waals surface area contributed by atoms with Gasteiger partial charge in [-0.1, -0.05) is 6.42 Å². The van der Waals surface area contributed by atoms with E-state index in [4.69, 9.17) is 0 Å². The van der Waals surface area contributed by atoms with Gasteiger partial charge >= 0.3 is 0 Å². The van der Waals surface area contributed by atoms with Gasteiger partial charge in [-0.15, -0.1) is 0 Å². The minimum Gasteiger partial charge on any atom is -0.300 e. The van der Waals surface area contributed by atoms with Crippen LogP contribution in [0.15, 0.2) is 18.2 Å². The number of piperidine rings is 2. The van der Waals surface area contributed by atoms with E-state index >= 15 is 0 Å². The van der Waals surface area contributed by atoms with Crippen molar-refractivity contribution in [2.75, 3.05) is 7.05 Å². The van der Waals surface area contributed by atoms with Crippen LogP contribution in [0.2, 0.25) is 0 Å². The first-order valence-electron chi connectivity index (χ1n) is 7.27. The van der Waals surface area contributed by atoms with Gasteiger partial charge in [-0.3, -0.25) is 4.79 Å². The van der Waals surface area contributed by atoms with E-state index < -0.39 is 11.6 Å². The van der Waals surface area contributed by atoms with Gasteiger partial charge in [0.2, 0.25) is 0 Å². The minimum absolute atomic E-state index is 0.0408. The molecule has 0 N–H and O–H groups in total. The van der Waals surface area contributed by atoms with E-state index in [-0.39, 0.29) is 17.3 Å². The fourth-order valence-corrected chi connectivity index (χ4v) is 3.74. The van der Waals surface area contributed by atoms with E-state index in [2.05, 4.69) is 11.9 Å². The molecule has 1 aromatic carbocycles. The summed E-state index contributed by atoms with van der Waals surface area (Å²) in [5.41, 5.74) is 0.0408. The molecule has 1 aromatic rings. The van der Waals surface area contributed by atoms with Gasteiger partial charge in [-0.2, -0.15) is 0 Å². The molecule has 0 radical (unpaired) electrons. The molecule has 0 aromatic heterocycles. The largest absolute Gasteiger partial charge is 0.300 e. The standard InChI is InChI=1S/C16H19F2NO/c1-19-12-3-2-4-13(19)8-10(7-12)16(20)14-6-5-11(17)9-15(14)18/h5-6,9-10,12-13H,2-4,7-8H2,1H3. The molecule has 2 unspecified atom stereocenters. The highest BCUT2D eigenvalue weighted by atomic mass is 19.1. The molecule has 2 aliphatic rings. The first-order valence-corrected chi connectivity index (χ1v) is 7.27. The Balaban J connectivity index is 1.81. The van der Waals surface area contributed by atoms with E-state index in [1.807, 2.05) is 0 Å². The molecular formula is C16H19F2NO. The molecule has 20 heavy (non-hydrogen) atoms. The van der Waals surface area contributed by atoms with Gasteiger partial charge in [0.05, 0.1) is 5.56 Å². The van der Waals surface area contributed by atoms with Crippen LogP contribution in [0, 0.1) is 17.6 Å². The number of Topliss-reactive ketones (excluding diaryl/α,β-unsaturated/α-hetero) is 1. The summed E-state index contributed by atoms with van der Waals surface area (Å²) >= 11 is 0. The van der Waals surface area contributed by atoms with Crippen molar-refractivity contribution >= 4 is 5.78 Å². The molecule has 3 rings (SSSR count). The number of hydrogen-bond donors (Lipinski definition) is 0. The highest BCUT2D eigenvalue weighted by molar-refractivity contribution is 5.98. The summed E-state index contributed by atoms with van der Waals surface area (Å²) in [5, 5.41) is 0. The zero-order chi connectivity index (χ0) is 14.3. The zero-order valence-electron chi connectivity index (χ0n) is 11.6. The third kappa shape index (κ3) is 2.37. The lowest BCUT2D eigenvalue weighted by Gasteiger charge is -2.46. The van der Waals surface area contributed by atoms with E-state index in [0.717, 1.165) is 37.8 Å².